The molecule has 0 unspecified atom stereocenters. The molecule has 37 heavy (non-hydrogen) atoms. The molecule has 2 aliphatic heterocycles. The van der Waals surface area contributed by atoms with Gasteiger partial charge in [0, 0.05) is 43.1 Å². The molecule has 6 rings (SSSR count). The topological polar surface area (TPSA) is 49.2 Å². The van der Waals surface area contributed by atoms with Gasteiger partial charge in [-0.15, -0.1) is 0 Å². The third-order valence-corrected chi connectivity index (χ3v) is 8.03. The Labute approximate surface area is 227 Å². The summed E-state index contributed by atoms with van der Waals surface area (Å²) in [6, 6.07) is 22.1. The maximum atomic E-state index is 6.92. The van der Waals surface area contributed by atoms with Gasteiger partial charge in [0.2, 0.25) is 0 Å². The molecule has 0 spiro atoms. The van der Waals surface area contributed by atoms with Crippen LogP contribution < -0.4 is 15.1 Å². The number of benzene rings is 1. The van der Waals surface area contributed by atoms with Crippen LogP contribution in [0.5, 0.6) is 0 Å². The van der Waals surface area contributed by atoms with Crippen molar-refractivity contribution in [1.82, 2.24) is 19.9 Å². The number of hydrogen-bond acceptors (Lipinski definition) is 4. The number of anilines is 2. The van der Waals surface area contributed by atoms with Crippen LogP contribution in [0, 0.1) is 5.92 Å². The van der Waals surface area contributed by atoms with E-state index in [9.17, 15) is 0 Å². The summed E-state index contributed by atoms with van der Waals surface area (Å²) in [5.41, 5.74) is 4.03. The minimum Gasteiger partial charge on any atom is -0.370 e. The first-order chi connectivity index (χ1) is 18.1. The van der Waals surface area contributed by atoms with Crippen molar-refractivity contribution in [2.24, 2.45) is 5.92 Å². The Bertz CT molecular complexity index is 1380. The third kappa shape index (κ3) is 4.58. The van der Waals surface area contributed by atoms with Gasteiger partial charge >= 0.3 is 0 Å². The first-order valence-corrected chi connectivity index (χ1v) is 13.5. The van der Waals surface area contributed by atoms with Crippen LogP contribution in [0.25, 0.3) is 5.82 Å². The Morgan fingerprint density at radius 1 is 0.946 bits per heavy atom. The molecular formula is C29H29ClN6S. The largest absolute Gasteiger partial charge is 0.370 e. The summed E-state index contributed by atoms with van der Waals surface area (Å²) < 4.78 is 2.12. The van der Waals surface area contributed by atoms with E-state index in [0.717, 1.165) is 52.6 Å². The number of hydrogen-bond donors (Lipinski definition) is 1. The van der Waals surface area contributed by atoms with Crippen LogP contribution in [-0.4, -0.2) is 32.7 Å². The number of nitrogens with zero attached hydrogens (tertiary/aromatic N) is 5. The molecule has 2 atom stereocenters. The highest BCUT2D eigenvalue weighted by molar-refractivity contribution is 7.80. The molecule has 3 aromatic heterocycles. The smallest absolute Gasteiger partial charge is 0.174 e. The van der Waals surface area contributed by atoms with Crippen LogP contribution in [0.4, 0.5) is 11.4 Å². The molecule has 2 aliphatic rings. The van der Waals surface area contributed by atoms with Crippen molar-refractivity contribution >= 4 is 40.3 Å². The van der Waals surface area contributed by atoms with Gasteiger partial charge in [-0.25, -0.2) is 4.98 Å². The van der Waals surface area contributed by atoms with Gasteiger partial charge in [0.25, 0.3) is 0 Å². The fourth-order valence-corrected chi connectivity index (χ4v) is 6.07. The van der Waals surface area contributed by atoms with Crippen molar-refractivity contribution in [3.05, 3.63) is 102 Å². The van der Waals surface area contributed by atoms with Gasteiger partial charge in [0.1, 0.15) is 11.9 Å². The molecule has 2 fully saturated rings. The molecule has 4 aromatic rings. The lowest BCUT2D eigenvalue weighted by molar-refractivity contribution is 0.438. The van der Waals surface area contributed by atoms with Gasteiger partial charge in [0.15, 0.2) is 5.11 Å². The van der Waals surface area contributed by atoms with Crippen molar-refractivity contribution in [2.45, 2.75) is 31.8 Å². The highest BCUT2D eigenvalue weighted by atomic mass is 35.5. The lowest BCUT2D eigenvalue weighted by Crippen LogP contribution is -2.33. The molecule has 0 bridgehead atoms. The zero-order valence-corrected chi connectivity index (χ0v) is 22.2. The van der Waals surface area contributed by atoms with Gasteiger partial charge in [-0.1, -0.05) is 30.7 Å². The highest BCUT2D eigenvalue weighted by Gasteiger charge is 2.42. The van der Waals surface area contributed by atoms with E-state index in [1.165, 1.54) is 12.8 Å². The average molecular weight is 529 g/mol. The zero-order valence-electron chi connectivity index (χ0n) is 20.7. The first kappa shape index (κ1) is 23.9. The van der Waals surface area contributed by atoms with E-state index in [0.29, 0.717) is 5.11 Å². The van der Waals surface area contributed by atoms with Crippen molar-refractivity contribution in [3.8, 4) is 5.82 Å². The Morgan fingerprint density at radius 3 is 2.43 bits per heavy atom. The SMILES string of the molecule is CC1CCN(c2ccc(N3C(=S)N[C@@H](c4ccccn4)[C@H]3c3cccn3-c3ccccn3)cc2Cl)CC1. The van der Waals surface area contributed by atoms with Gasteiger partial charge in [-0.2, -0.15) is 0 Å². The number of piperidine rings is 1. The van der Waals surface area contributed by atoms with Crippen LogP contribution in [0.3, 0.4) is 0 Å². The third-order valence-electron chi connectivity index (χ3n) is 7.41. The maximum absolute atomic E-state index is 6.92. The average Bonchev–Trinajstić information content (AvgIpc) is 3.54. The van der Waals surface area contributed by atoms with E-state index >= 15 is 0 Å². The second-order valence-electron chi connectivity index (χ2n) is 9.79. The molecule has 1 aromatic carbocycles. The number of pyridine rings is 2. The van der Waals surface area contributed by atoms with E-state index < -0.39 is 0 Å². The van der Waals surface area contributed by atoms with Crippen LogP contribution >= 0.6 is 23.8 Å². The lowest BCUT2D eigenvalue weighted by Gasteiger charge is -2.33. The van der Waals surface area contributed by atoms with E-state index in [4.69, 9.17) is 23.8 Å². The fourth-order valence-electron chi connectivity index (χ4n) is 5.43. The van der Waals surface area contributed by atoms with Crippen molar-refractivity contribution in [2.75, 3.05) is 22.9 Å². The molecule has 0 saturated carbocycles. The highest BCUT2D eigenvalue weighted by Crippen LogP contribution is 2.44. The second-order valence-corrected chi connectivity index (χ2v) is 10.6. The van der Waals surface area contributed by atoms with Gasteiger partial charge < -0.3 is 19.7 Å². The quantitative estimate of drug-likeness (QED) is 0.305. The number of aromatic nitrogens is 3. The molecule has 1 N–H and O–H groups in total. The van der Waals surface area contributed by atoms with Crippen molar-refractivity contribution in [1.29, 1.82) is 0 Å². The van der Waals surface area contributed by atoms with Crippen molar-refractivity contribution in [3.63, 3.8) is 0 Å². The summed E-state index contributed by atoms with van der Waals surface area (Å²) >= 11 is 12.9. The van der Waals surface area contributed by atoms with E-state index in [-0.39, 0.29) is 12.1 Å². The normalized spacial score (nSPS) is 20.3. The summed E-state index contributed by atoms with van der Waals surface area (Å²) in [7, 11) is 0. The van der Waals surface area contributed by atoms with E-state index in [1.54, 1.807) is 0 Å². The van der Waals surface area contributed by atoms with E-state index in [2.05, 4.69) is 54.8 Å². The Balaban J connectivity index is 1.42. The second kappa shape index (κ2) is 10.1. The number of rotatable bonds is 5. The molecule has 5 heterocycles. The number of thiocarbonyl (C=S) groups is 1. The van der Waals surface area contributed by atoms with Gasteiger partial charge in [0.05, 0.1) is 22.4 Å². The molecule has 0 amide bonds. The molecule has 2 saturated heterocycles. The lowest BCUT2D eigenvalue weighted by atomic mass is 9.98. The fraction of sp³-hybridized carbons (Fsp3) is 0.276. The summed E-state index contributed by atoms with van der Waals surface area (Å²) in [5.74, 6) is 1.62. The summed E-state index contributed by atoms with van der Waals surface area (Å²) in [5, 5.41) is 4.93. The Hall–Kier alpha value is -3.42. The molecule has 0 aliphatic carbocycles. The predicted octanol–water partition coefficient (Wildman–Crippen LogP) is 6.33. The molecule has 8 heteroatoms. The minimum atomic E-state index is -0.155. The van der Waals surface area contributed by atoms with E-state index in [1.807, 2.05) is 67.1 Å². The van der Waals surface area contributed by atoms with Crippen molar-refractivity contribution < 1.29 is 0 Å². The molecule has 0 radical (unpaired) electrons. The Kier molecular flexibility index (Phi) is 6.57. The van der Waals surface area contributed by atoms with Crippen LogP contribution in [0.15, 0.2) is 85.3 Å². The standard InChI is InChI=1S/C29H29ClN6S/c1-20-12-17-34(18-13-20)24-11-10-21(19-22(24)30)36-28(27(33-29(36)37)23-7-2-4-14-31-23)25-8-6-16-35(25)26-9-3-5-15-32-26/h2-11,14-16,19-20,27-28H,12-13,17-18H2,1H3,(H,33,37)/t27-,28+/m0/s1. The first-order valence-electron chi connectivity index (χ1n) is 12.7. The monoisotopic (exact) mass is 528 g/mol. The predicted molar refractivity (Wildman–Crippen MR) is 154 cm³/mol. The maximum Gasteiger partial charge on any atom is 0.174 e. The molecule has 6 nitrogen and oxygen atoms in total. The summed E-state index contributed by atoms with van der Waals surface area (Å²) in [6.45, 7) is 4.39. The summed E-state index contributed by atoms with van der Waals surface area (Å²) in [4.78, 5) is 13.8. The summed E-state index contributed by atoms with van der Waals surface area (Å²) in [6.07, 6.45) is 8.06. The van der Waals surface area contributed by atoms with Crippen LogP contribution in [0.1, 0.15) is 43.2 Å². The number of halogens is 1. The zero-order chi connectivity index (χ0) is 25.4. The van der Waals surface area contributed by atoms with Gasteiger partial charge in [-0.05, 0) is 85.6 Å². The molecular weight excluding hydrogens is 500 g/mol. The molecule has 188 valence electrons. The number of nitrogens with one attached hydrogen (secondary N) is 1. The van der Waals surface area contributed by atoms with Gasteiger partial charge in [-0.3, -0.25) is 4.98 Å². The van der Waals surface area contributed by atoms with Crippen LogP contribution in [0.2, 0.25) is 5.02 Å². The Morgan fingerprint density at radius 2 is 1.73 bits per heavy atom. The minimum absolute atomic E-state index is 0.145. The van der Waals surface area contributed by atoms with Crippen LogP contribution in [-0.2, 0) is 0 Å².